The molecule has 0 bridgehead atoms. The number of ether oxygens (including phenoxy) is 2. The minimum Gasteiger partial charge on any atom is -0.504 e. The van der Waals surface area contributed by atoms with Crippen molar-refractivity contribution in [2.45, 2.75) is 13.0 Å². The van der Waals surface area contributed by atoms with Crippen LogP contribution in [0.4, 0.5) is 0 Å². The molecule has 1 aliphatic heterocycles. The summed E-state index contributed by atoms with van der Waals surface area (Å²) in [5.74, 6) is -0.0883. The first-order valence-electron chi connectivity index (χ1n) is 9.20. The molecule has 0 spiro atoms. The standard InChI is InChI=1S/C22H21NO6/c1-12-4-7-16-14(10-12)20(25)18-19(13-5-6-15(24)17(11-13)28-3)23(8-9-27-2)22(26)21(18)29-16/h4-7,10-11,19,24H,8-9H2,1-3H3. The average molecular weight is 395 g/mol. The summed E-state index contributed by atoms with van der Waals surface area (Å²) in [6.07, 6.45) is 0. The number of benzene rings is 2. The second kappa shape index (κ2) is 7.25. The molecule has 1 atom stereocenters. The number of nitrogens with zero attached hydrogens (tertiary/aromatic N) is 1. The molecule has 7 heteroatoms. The van der Waals surface area contributed by atoms with Crippen LogP contribution < -0.4 is 10.2 Å². The number of rotatable bonds is 5. The van der Waals surface area contributed by atoms with Crippen molar-refractivity contribution in [1.29, 1.82) is 0 Å². The van der Waals surface area contributed by atoms with E-state index in [0.717, 1.165) is 5.56 Å². The Bertz CT molecular complexity index is 1170. The van der Waals surface area contributed by atoms with Crippen LogP contribution in [0, 0.1) is 6.92 Å². The van der Waals surface area contributed by atoms with E-state index in [1.54, 1.807) is 36.3 Å². The Morgan fingerprint density at radius 2 is 1.93 bits per heavy atom. The molecule has 2 aromatic carbocycles. The summed E-state index contributed by atoms with van der Waals surface area (Å²) in [5, 5.41) is 10.4. The van der Waals surface area contributed by atoms with Gasteiger partial charge in [0.15, 0.2) is 16.9 Å². The molecule has 1 aliphatic rings. The molecule has 1 aromatic heterocycles. The van der Waals surface area contributed by atoms with Gasteiger partial charge in [0.25, 0.3) is 5.91 Å². The maximum atomic E-state index is 13.4. The number of aromatic hydroxyl groups is 1. The lowest BCUT2D eigenvalue weighted by Crippen LogP contribution is -2.32. The summed E-state index contributed by atoms with van der Waals surface area (Å²) in [4.78, 5) is 28.1. The van der Waals surface area contributed by atoms with E-state index in [0.29, 0.717) is 23.1 Å². The molecule has 1 amide bonds. The quantitative estimate of drug-likeness (QED) is 0.714. The molecule has 0 aliphatic carbocycles. The van der Waals surface area contributed by atoms with Gasteiger partial charge in [-0.15, -0.1) is 0 Å². The van der Waals surface area contributed by atoms with Gasteiger partial charge in [-0.2, -0.15) is 0 Å². The van der Waals surface area contributed by atoms with Crippen LogP contribution in [0.15, 0.2) is 45.6 Å². The second-order valence-corrected chi connectivity index (χ2v) is 7.00. The van der Waals surface area contributed by atoms with Crippen molar-refractivity contribution in [3.8, 4) is 11.5 Å². The summed E-state index contributed by atoms with van der Waals surface area (Å²) < 4.78 is 16.3. The molecular formula is C22H21NO6. The maximum absolute atomic E-state index is 13.4. The van der Waals surface area contributed by atoms with Gasteiger partial charge in [0.2, 0.25) is 5.76 Å². The van der Waals surface area contributed by atoms with Gasteiger partial charge in [0.1, 0.15) is 5.58 Å². The van der Waals surface area contributed by atoms with Gasteiger partial charge in [-0.3, -0.25) is 9.59 Å². The van der Waals surface area contributed by atoms with E-state index in [4.69, 9.17) is 13.9 Å². The Kier molecular flexibility index (Phi) is 4.76. The number of hydrogen-bond acceptors (Lipinski definition) is 6. The molecule has 0 saturated heterocycles. The van der Waals surface area contributed by atoms with Crippen molar-refractivity contribution in [2.24, 2.45) is 0 Å². The molecule has 3 aromatic rings. The molecule has 1 N–H and O–H groups in total. The predicted molar refractivity (Wildman–Crippen MR) is 107 cm³/mol. The Balaban J connectivity index is 1.98. The third-order valence-electron chi connectivity index (χ3n) is 5.18. The van der Waals surface area contributed by atoms with Crippen LogP contribution in [0.2, 0.25) is 0 Å². The van der Waals surface area contributed by atoms with Crippen LogP contribution in [-0.2, 0) is 4.74 Å². The maximum Gasteiger partial charge on any atom is 0.290 e. The molecule has 29 heavy (non-hydrogen) atoms. The van der Waals surface area contributed by atoms with Crippen LogP contribution in [-0.4, -0.2) is 43.3 Å². The molecule has 7 nitrogen and oxygen atoms in total. The van der Waals surface area contributed by atoms with Crippen molar-refractivity contribution in [1.82, 2.24) is 4.90 Å². The van der Waals surface area contributed by atoms with Crippen LogP contribution in [0.5, 0.6) is 11.5 Å². The summed E-state index contributed by atoms with van der Waals surface area (Å²) in [7, 11) is 2.99. The molecule has 4 rings (SSSR count). The SMILES string of the molecule is COCCN1C(=O)c2oc3ccc(C)cc3c(=O)c2C1c1ccc(O)c(OC)c1. The Morgan fingerprint density at radius 3 is 2.66 bits per heavy atom. The van der Waals surface area contributed by atoms with Gasteiger partial charge in [-0.25, -0.2) is 0 Å². The van der Waals surface area contributed by atoms with E-state index >= 15 is 0 Å². The van der Waals surface area contributed by atoms with E-state index < -0.39 is 6.04 Å². The van der Waals surface area contributed by atoms with Crippen molar-refractivity contribution in [3.05, 3.63) is 69.1 Å². The molecule has 0 fully saturated rings. The van der Waals surface area contributed by atoms with E-state index in [2.05, 4.69) is 0 Å². The first kappa shape index (κ1) is 19.0. The highest BCUT2D eigenvalue weighted by Crippen LogP contribution is 2.40. The Morgan fingerprint density at radius 1 is 1.14 bits per heavy atom. The Labute approximate surface area is 167 Å². The van der Waals surface area contributed by atoms with Gasteiger partial charge in [0.05, 0.1) is 30.7 Å². The van der Waals surface area contributed by atoms with Crippen LogP contribution >= 0.6 is 0 Å². The number of methoxy groups -OCH3 is 2. The number of phenolic OH excluding ortho intramolecular Hbond substituents is 1. The van der Waals surface area contributed by atoms with E-state index in [1.165, 1.54) is 13.2 Å². The molecule has 0 saturated carbocycles. The highest BCUT2D eigenvalue weighted by molar-refractivity contribution is 5.99. The molecule has 0 radical (unpaired) electrons. The molecule has 150 valence electrons. The summed E-state index contributed by atoms with van der Waals surface area (Å²) in [5.41, 5.74) is 1.99. The van der Waals surface area contributed by atoms with Crippen molar-refractivity contribution < 1.29 is 23.8 Å². The topological polar surface area (TPSA) is 89.2 Å². The lowest BCUT2D eigenvalue weighted by atomic mass is 9.97. The van der Waals surface area contributed by atoms with Gasteiger partial charge >= 0.3 is 0 Å². The third-order valence-corrected chi connectivity index (χ3v) is 5.18. The number of phenols is 1. The first-order valence-corrected chi connectivity index (χ1v) is 9.20. The number of carbonyl (C=O) groups is 1. The zero-order valence-corrected chi connectivity index (χ0v) is 16.4. The minimum absolute atomic E-state index is 0.0228. The van der Waals surface area contributed by atoms with Gasteiger partial charge in [0, 0.05) is 13.7 Å². The summed E-state index contributed by atoms with van der Waals surface area (Å²) >= 11 is 0. The summed E-state index contributed by atoms with van der Waals surface area (Å²) in [6.45, 7) is 2.48. The van der Waals surface area contributed by atoms with Crippen molar-refractivity contribution in [3.63, 3.8) is 0 Å². The van der Waals surface area contributed by atoms with Crippen LogP contribution in [0.25, 0.3) is 11.0 Å². The van der Waals surface area contributed by atoms with E-state index in [1.807, 2.05) is 13.0 Å². The molecule has 1 unspecified atom stereocenters. The van der Waals surface area contributed by atoms with Crippen LogP contribution in [0.1, 0.15) is 33.3 Å². The zero-order valence-electron chi connectivity index (χ0n) is 16.4. The van der Waals surface area contributed by atoms with Crippen LogP contribution in [0.3, 0.4) is 0 Å². The average Bonchev–Trinajstić information content (AvgIpc) is 2.99. The van der Waals surface area contributed by atoms with Gasteiger partial charge in [-0.05, 0) is 36.8 Å². The second-order valence-electron chi connectivity index (χ2n) is 7.00. The number of fused-ring (bicyclic) bond motifs is 2. The zero-order chi connectivity index (χ0) is 20.7. The monoisotopic (exact) mass is 395 g/mol. The fourth-order valence-corrected chi connectivity index (χ4v) is 3.77. The normalized spacial score (nSPS) is 15.8. The minimum atomic E-state index is -0.664. The van der Waals surface area contributed by atoms with Crippen molar-refractivity contribution in [2.75, 3.05) is 27.4 Å². The lowest BCUT2D eigenvalue weighted by Gasteiger charge is -2.25. The summed E-state index contributed by atoms with van der Waals surface area (Å²) in [6, 6.07) is 9.42. The fourth-order valence-electron chi connectivity index (χ4n) is 3.77. The number of carbonyl (C=O) groups excluding carboxylic acids is 1. The highest BCUT2D eigenvalue weighted by atomic mass is 16.5. The predicted octanol–water partition coefficient (Wildman–Crippen LogP) is 3.01. The third kappa shape index (κ3) is 3.03. The smallest absolute Gasteiger partial charge is 0.290 e. The van der Waals surface area contributed by atoms with Gasteiger partial charge in [-0.1, -0.05) is 17.7 Å². The van der Waals surface area contributed by atoms with Crippen molar-refractivity contribution >= 4 is 16.9 Å². The molecule has 2 heterocycles. The number of aryl methyl sites for hydroxylation is 1. The highest BCUT2D eigenvalue weighted by Gasteiger charge is 2.42. The van der Waals surface area contributed by atoms with Gasteiger partial charge < -0.3 is 23.9 Å². The first-order chi connectivity index (χ1) is 14.0. The molecular weight excluding hydrogens is 374 g/mol. The van der Waals surface area contributed by atoms with E-state index in [9.17, 15) is 14.7 Å². The lowest BCUT2D eigenvalue weighted by molar-refractivity contribution is 0.0663. The number of amides is 1. The van der Waals surface area contributed by atoms with E-state index in [-0.39, 0.29) is 40.7 Å². The largest absolute Gasteiger partial charge is 0.504 e. The number of hydrogen-bond donors (Lipinski definition) is 1. The Hall–Kier alpha value is -3.32. The fraction of sp³-hybridized carbons (Fsp3) is 0.273.